The van der Waals surface area contributed by atoms with Crippen molar-refractivity contribution in [1.29, 1.82) is 0 Å². The van der Waals surface area contributed by atoms with Crippen molar-refractivity contribution in [2.24, 2.45) is 10.8 Å². The maximum Gasteiger partial charge on any atom is -0.00218 e. The Morgan fingerprint density at radius 1 is 0.611 bits per heavy atom. The maximum absolute atomic E-state index is 2.51. The van der Waals surface area contributed by atoms with E-state index in [-0.39, 0.29) is 0 Å². The summed E-state index contributed by atoms with van der Waals surface area (Å²) in [7, 11) is 2.27. The van der Waals surface area contributed by atoms with Gasteiger partial charge in [0.05, 0.1) is 0 Å². The minimum Gasteiger partial charge on any atom is -0.306 e. The fraction of sp³-hybridized carbons (Fsp3) is 1.00. The highest BCUT2D eigenvalue weighted by Crippen LogP contribution is 2.22. The molecule has 0 saturated heterocycles. The average molecular weight is 255 g/mol. The van der Waals surface area contributed by atoms with Crippen molar-refractivity contribution in [3.05, 3.63) is 0 Å². The zero-order chi connectivity index (χ0) is 14.2. The topological polar surface area (TPSA) is 3.24 Å². The molecule has 0 rings (SSSR count). The predicted molar refractivity (Wildman–Crippen MR) is 84.1 cm³/mol. The molecule has 0 aliphatic rings. The van der Waals surface area contributed by atoms with Gasteiger partial charge in [0, 0.05) is 0 Å². The van der Waals surface area contributed by atoms with E-state index in [0.29, 0.717) is 10.8 Å². The van der Waals surface area contributed by atoms with Crippen molar-refractivity contribution in [2.75, 3.05) is 20.1 Å². The van der Waals surface area contributed by atoms with Crippen LogP contribution < -0.4 is 0 Å². The Morgan fingerprint density at radius 3 is 1.22 bits per heavy atom. The van der Waals surface area contributed by atoms with Gasteiger partial charge in [0.2, 0.25) is 0 Å². The van der Waals surface area contributed by atoms with E-state index in [1.54, 1.807) is 0 Å². The summed E-state index contributed by atoms with van der Waals surface area (Å²) in [5.41, 5.74) is 1.01. The number of hydrogen-bond acceptors (Lipinski definition) is 1. The van der Waals surface area contributed by atoms with E-state index < -0.39 is 0 Å². The molecule has 0 atom stereocenters. The fourth-order valence-corrected chi connectivity index (χ4v) is 2.19. The third kappa shape index (κ3) is 14.0. The molecule has 0 aliphatic heterocycles. The summed E-state index contributed by atoms with van der Waals surface area (Å²) >= 11 is 0. The van der Waals surface area contributed by atoms with Crippen LogP contribution in [0.4, 0.5) is 0 Å². The van der Waals surface area contributed by atoms with Gasteiger partial charge in [-0.1, -0.05) is 54.4 Å². The first-order chi connectivity index (χ1) is 8.10. The number of nitrogens with zero attached hydrogens (tertiary/aromatic N) is 1. The molecule has 0 saturated carbocycles. The van der Waals surface area contributed by atoms with E-state index in [1.165, 1.54) is 51.6 Å². The van der Waals surface area contributed by atoms with Crippen molar-refractivity contribution in [1.82, 2.24) is 4.90 Å². The lowest BCUT2D eigenvalue weighted by atomic mass is 9.89. The summed E-state index contributed by atoms with van der Waals surface area (Å²) in [5.74, 6) is 0. The number of rotatable bonds is 8. The molecular formula is C17H37N. The lowest BCUT2D eigenvalue weighted by Gasteiger charge is -2.21. The Balaban J connectivity index is 3.41. The van der Waals surface area contributed by atoms with Gasteiger partial charge in [-0.3, -0.25) is 0 Å². The molecule has 0 aromatic carbocycles. The van der Waals surface area contributed by atoms with Gasteiger partial charge in [-0.25, -0.2) is 0 Å². The first-order valence-electron chi connectivity index (χ1n) is 7.79. The van der Waals surface area contributed by atoms with Crippen LogP contribution in [0.15, 0.2) is 0 Å². The minimum absolute atomic E-state index is 0.505. The summed E-state index contributed by atoms with van der Waals surface area (Å²) in [4.78, 5) is 2.51. The second kappa shape index (κ2) is 8.19. The van der Waals surface area contributed by atoms with Gasteiger partial charge in [-0.2, -0.15) is 0 Å². The summed E-state index contributed by atoms with van der Waals surface area (Å²) in [5, 5.41) is 0. The van der Waals surface area contributed by atoms with Crippen LogP contribution in [0, 0.1) is 10.8 Å². The Hall–Kier alpha value is -0.0400. The lowest BCUT2D eigenvalue weighted by Crippen LogP contribution is -2.21. The van der Waals surface area contributed by atoms with Gasteiger partial charge in [-0.15, -0.1) is 0 Å². The normalized spacial score (nSPS) is 13.3. The molecule has 0 heterocycles. The molecular weight excluding hydrogens is 218 g/mol. The van der Waals surface area contributed by atoms with Crippen LogP contribution in [0.25, 0.3) is 0 Å². The molecule has 0 unspecified atom stereocenters. The van der Waals surface area contributed by atoms with Crippen molar-refractivity contribution in [3.63, 3.8) is 0 Å². The molecule has 1 nitrogen and oxygen atoms in total. The Morgan fingerprint density at radius 2 is 0.944 bits per heavy atom. The van der Waals surface area contributed by atoms with Gasteiger partial charge in [-0.05, 0) is 56.7 Å². The predicted octanol–water partition coefficient (Wildman–Crippen LogP) is 5.35. The fourth-order valence-electron chi connectivity index (χ4n) is 2.19. The van der Waals surface area contributed by atoms with Crippen LogP contribution in [0.1, 0.15) is 80.1 Å². The van der Waals surface area contributed by atoms with Crippen LogP contribution in [0.2, 0.25) is 0 Å². The molecule has 0 radical (unpaired) electrons. The van der Waals surface area contributed by atoms with Crippen LogP contribution in [0.5, 0.6) is 0 Å². The summed E-state index contributed by atoms with van der Waals surface area (Å²) < 4.78 is 0. The SMILES string of the molecule is CN(CCCCC(C)(C)C)CCCCC(C)(C)C. The van der Waals surface area contributed by atoms with Crippen molar-refractivity contribution < 1.29 is 0 Å². The van der Waals surface area contributed by atoms with E-state index >= 15 is 0 Å². The minimum atomic E-state index is 0.505. The van der Waals surface area contributed by atoms with Crippen molar-refractivity contribution in [3.8, 4) is 0 Å². The first-order valence-corrected chi connectivity index (χ1v) is 7.79. The molecule has 0 amide bonds. The van der Waals surface area contributed by atoms with E-state index in [4.69, 9.17) is 0 Å². The molecule has 1 heteroatoms. The monoisotopic (exact) mass is 255 g/mol. The molecule has 0 bridgehead atoms. The highest BCUT2D eigenvalue weighted by molar-refractivity contribution is 4.64. The molecule has 0 aliphatic carbocycles. The van der Waals surface area contributed by atoms with Crippen molar-refractivity contribution in [2.45, 2.75) is 80.1 Å². The second-order valence-electron chi connectivity index (χ2n) is 8.34. The summed E-state index contributed by atoms with van der Waals surface area (Å²) in [6, 6.07) is 0. The lowest BCUT2D eigenvalue weighted by molar-refractivity contribution is 0.285. The zero-order valence-corrected chi connectivity index (χ0v) is 14.1. The van der Waals surface area contributed by atoms with Crippen LogP contribution in [0.3, 0.4) is 0 Å². The quantitative estimate of drug-likeness (QED) is 0.528. The smallest absolute Gasteiger partial charge is 0.00218 e. The number of unbranched alkanes of at least 4 members (excludes halogenated alkanes) is 2. The molecule has 0 aromatic rings. The Bertz CT molecular complexity index is 173. The van der Waals surface area contributed by atoms with Gasteiger partial charge in [0.25, 0.3) is 0 Å². The van der Waals surface area contributed by atoms with Crippen LogP contribution >= 0.6 is 0 Å². The second-order valence-corrected chi connectivity index (χ2v) is 8.34. The summed E-state index contributed by atoms with van der Waals surface area (Å²) in [6.45, 7) is 16.6. The average Bonchev–Trinajstić information content (AvgIpc) is 2.17. The first kappa shape index (κ1) is 18.0. The van der Waals surface area contributed by atoms with Crippen molar-refractivity contribution >= 4 is 0 Å². The number of hydrogen-bond donors (Lipinski definition) is 0. The van der Waals surface area contributed by atoms with Gasteiger partial charge >= 0.3 is 0 Å². The highest BCUT2D eigenvalue weighted by Gasteiger charge is 2.10. The molecule has 0 N–H and O–H groups in total. The maximum atomic E-state index is 2.51. The molecule has 18 heavy (non-hydrogen) atoms. The molecule has 0 aromatic heterocycles. The summed E-state index contributed by atoms with van der Waals surface area (Å²) in [6.07, 6.45) is 8.15. The third-order valence-electron chi connectivity index (χ3n) is 3.43. The molecule has 0 fully saturated rings. The largest absolute Gasteiger partial charge is 0.306 e. The van der Waals surface area contributed by atoms with Gasteiger partial charge in [0.1, 0.15) is 0 Å². The van der Waals surface area contributed by atoms with E-state index in [0.717, 1.165) is 0 Å². The van der Waals surface area contributed by atoms with Crippen LogP contribution in [-0.4, -0.2) is 25.0 Å². The molecule has 0 spiro atoms. The Kier molecular flexibility index (Phi) is 8.18. The van der Waals surface area contributed by atoms with E-state index in [9.17, 15) is 0 Å². The van der Waals surface area contributed by atoms with Gasteiger partial charge < -0.3 is 4.90 Å². The molecule has 110 valence electrons. The van der Waals surface area contributed by atoms with Crippen LogP contribution in [-0.2, 0) is 0 Å². The standard InChI is InChI=1S/C17H37N/c1-16(2,3)12-8-10-14-18(7)15-11-9-13-17(4,5)6/h8-15H2,1-7H3. The van der Waals surface area contributed by atoms with Gasteiger partial charge in [0.15, 0.2) is 0 Å². The highest BCUT2D eigenvalue weighted by atomic mass is 15.1. The zero-order valence-electron chi connectivity index (χ0n) is 14.1. The Labute approximate surface area is 116 Å². The third-order valence-corrected chi connectivity index (χ3v) is 3.43. The van der Waals surface area contributed by atoms with E-state index in [2.05, 4.69) is 53.5 Å². The van der Waals surface area contributed by atoms with E-state index in [1.807, 2.05) is 0 Å².